The Morgan fingerprint density at radius 1 is 1.25 bits per heavy atom. The molecule has 0 atom stereocenters. The topological polar surface area (TPSA) is 52.5 Å². The number of hydrogen-bond donors (Lipinski definition) is 1. The summed E-state index contributed by atoms with van der Waals surface area (Å²) in [6.07, 6.45) is 2.60. The zero-order valence-electron chi connectivity index (χ0n) is 13.6. The third-order valence-electron chi connectivity index (χ3n) is 3.68. The van der Waals surface area contributed by atoms with Gasteiger partial charge in [-0.1, -0.05) is 18.2 Å². The van der Waals surface area contributed by atoms with Crippen LogP contribution in [0.1, 0.15) is 12.6 Å². The van der Waals surface area contributed by atoms with Gasteiger partial charge in [-0.25, -0.2) is 4.98 Å². The van der Waals surface area contributed by atoms with Gasteiger partial charge in [-0.05, 0) is 55.4 Å². The van der Waals surface area contributed by atoms with Gasteiger partial charge >= 0.3 is 0 Å². The lowest BCUT2D eigenvalue weighted by Gasteiger charge is -2.07. The second kappa shape index (κ2) is 7.07. The third kappa shape index (κ3) is 3.45. The van der Waals surface area contributed by atoms with Gasteiger partial charge in [-0.2, -0.15) is 0 Å². The molecule has 5 heteroatoms. The van der Waals surface area contributed by atoms with E-state index in [-0.39, 0.29) is 0 Å². The summed E-state index contributed by atoms with van der Waals surface area (Å²) in [7, 11) is 0. The van der Waals surface area contributed by atoms with Crippen molar-refractivity contribution in [3.05, 3.63) is 65.5 Å². The van der Waals surface area contributed by atoms with Crippen molar-refractivity contribution in [2.45, 2.75) is 13.3 Å². The highest BCUT2D eigenvalue weighted by atomic mass is 35.5. The van der Waals surface area contributed by atoms with Crippen LogP contribution >= 0.6 is 11.6 Å². The molecular weight excluding hydrogens is 322 g/mol. The van der Waals surface area contributed by atoms with Gasteiger partial charge in [-0.15, -0.1) is 0 Å². The Kier molecular flexibility index (Phi) is 4.88. The summed E-state index contributed by atoms with van der Waals surface area (Å²) in [5.74, 6) is 0.814. The van der Waals surface area contributed by atoms with Crippen LogP contribution in [0.15, 0.2) is 54.7 Å². The van der Waals surface area contributed by atoms with Crippen LogP contribution in [0.3, 0.4) is 0 Å². The first kappa shape index (κ1) is 16.6. The molecule has 1 aromatic carbocycles. The van der Waals surface area contributed by atoms with E-state index in [1.165, 1.54) is 0 Å². The monoisotopic (exact) mass is 341 g/mol. The van der Waals surface area contributed by atoms with E-state index in [0.717, 1.165) is 40.3 Å². The zero-order valence-corrected chi connectivity index (χ0v) is 14.4. The SMILES string of the molecule is C=C(C)COc1ccc(-c2nc3ccc(Cl)cn3c2CCN)cc1. The van der Waals surface area contributed by atoms with Crippen LogP contribution < -0.4 is 10.5 Å². The molecule has 0 saturated heterocycles. The molecule has 0 amide bonds. The van der Waals surface area contributed by atoms with Crippen LogP contribution in [0, 0.1) is 0 Å². The maximum absolute atomic E-state index is 6.12. The molecule has 2 N–H and O–H groups in total. The van der Waals surface area contributed by atoms with Crippen molar-refractivity contribution in [1.29, 1.82) is 0 Å². The highest BCUT2D eigenvalue weighted by molar-refractivity contribution is 6.30. The van der Waals surface area contributed by atoms with Crippen molar-refractivity contribution in [1.82, 2.24) is 9.38 Å². The molecule has 0 aliphatic heterocycles. The predicted molar refractivity (Wildman–Crippen MR) is 98.7 cm³/mol. The van der Waals surface area contributed by atoms with Crippen LogP contribution in [-0.2, 0) is 6.42 Å². The minimum absolute atomic E-state index is 0.518. The minimum atomic E-state index is 0.518. The van der Waals surface area contributed by atoms with Crippen LogP contribution in [0.4, 0.5) is 0 Å². The van der Waals surface area contributed by atoms with E-state index in [4.69, 9.17) is 27.1 Å². The van der Waals surface area contributed by atoms with E-state index in [1.54, 1.807) is 0 Å². The lowest BCUT2D eigenvalue weighted by atomic mass is 10.1. The van der Waals surface area contributed by atoms with Gasteiger partial charge in [-0.3, -0.25) is 0 Å². The maximum atomic E-state index is 6.12. The fourth-order valence-electron chi connectivity index (χ4n) is 2.59. The fourth-order valence-corrected chi connectivity index (χ4v) is 2.75. The smallest absolute Gasteiger partial charge is 0.137 e. The first-order chi connectivity index (χ1) is 11.6. The highest BCUT2D eigenvalue weighted by Crippen LogP contribution is 2.27. The molecule has 2 aromatic heterocycles. The van der Waals surface area contributed by atoms with Crippen LogP contribution in [0.5, 0.6) is 5.75 Å². The number of rotatable bonds is 6. The quantitative estimate of drug-likeness (QED) is 0.686. The van der Waals surface area contributed by atoms with E-state index >= 15 is 0 Å². The first-order valence-corrected chi connectivity index (χ1v) is 8.20. The van der Waals surface area contributed by atoms with Crippen molar-refractivity contribution in [3.63, 3.8) is 0 Å². The van der Waals surface area contributed by atoms with E-state index in [9.17, 15) is 0 Å². The van der Waals surface area contributed by atoms with Crippen LogP contribution in [0.25, 0.3) is 16.9 Å². The summed E-state index contributed by atoms with van der Waals surface area (Å²) in [5.41, 5.74) is 10.6. The third-order valence-corrected chi connectivity index (χ3v) is 3.90. The van der Waals surface area contributed by atoms with E-state index < -0.39 is 0 Å². The number of nitrogens with two attached hydrogens (primary N) is 1. The van der Waals surface area contributed by atoms with Gasteiger partial charge in [0.2, 0.25) is 0 Å². The summed E-state index contributed by atoms with van der Waals surface area (Å²) in [5, 5.41) is 0.674. The maximum Gasteiger partial charge on any atom is 0.137 e. The summed E-state index contributed by atoms with van der Waals surface area (Å²) < 4.78 is 7.66. The number of benzene rings is 1. The Bertz CT molecular complexity index is 868. The van der Waals surface area contributed by atoms with Crippen molar-refractivity contribution in [3.8, 4) is 17.0 Å². The molecule has 0 fully saturated rings. The van der Waals surface area contributed by atoms with Crippen LogP contribution in [0.2, 0.25) is 5.02 Å². The van der Waals surface area contributed by atoms with Gasteiger partial charge in [0, 0.05) is 18.2 Å². The molecule has 124 valence electrons. The number of nitrogens with zero attached hydrogens (tertiary/aromatic N) is 2. The van der Waals surface area contributed by atoms with Gasteiger partial charge in [0.05, 0.1) is 16.4 Å². The average Bonchev–Trinajstić information content (AvgIpc) is 2.92. The second-order valence-electron chi connectivity index (χ2n) is 5.79. The molecule has 0 aliphatic carbocycles. The second-order valence-corrected chi connectivity index (χ2v) is 6.23. The molecule has 0 aliphatic rings. The zero-order chi connectivity index (χ0) is 17.1. The van der Waals surface area contributed by atoms with Crippen molar-refractivity contribution in [2.24, 2.45) is 5.73 Å². The lowest BCUT2D eigenvalue weighted by molar-refractivity contribution is 0.353. The van der Waals surface area contributed by atoms with Gasteiger partial charge in [0.25, 0.3) is 0 Å². The minimum Gasteiger partial charge on any atom is -0.489 e. The number of fused-ring (bicyclic) bond motifs is 1. The predicted octanol–water partition coefficient (Wildman–Crippen LogP) is 4.11. The van der Waals surface area contributed by atoms with E-state index in [0.29, 0.717) is 18.2 Å². The molecule has 0 radical (unpaired) electrons. The van der Waals surface area contributed by atoms with E-state index in [2.05, 4.69) is 6.58 Å². The Labute approximate surface area is 146 Å². The molecule has 24 heavy (non-hydrogen) atoms. The number of ether oxygens (including phenoxy) is 1. The fraction of sp³-hybridized carbons (Fsp3) is 0.211. The molecule has 4 nitrogen and oxygen atoms in total. The number of pyridine rings is 1. The molecule has 2 heterocycles. The van der Waals surface area contributed by atoms with Crippen molar-refractivity contribution >= 4 is 17.2 Å². The molecule has 0 unspecified atom stereocenters. The van der Waals surface area contributed by atoms with Gasteiger partial charge in [0.1, 0.15) is 18.0 Å². The summed E-state index contributed by atoms with van der Waals surface area (Å²) in [6.45, 7) is 6.85. The normalized spacial score (nSPS) is 11.0. The van der Waals surface area contributed by atoms with Gasteiger partial charge < -0.3 is 14.9 Å². The summed E-state index contributed by atoms with van der Waals surface area (Å²) in [4.78, 5) is 4.74. The Morgan fingerprint density at radius 3 is 2.67 bits per heavy atom. The molecule has 3 rings (SSSR count). The van der Waals surface area contributed by atoms with Crippen molar-refractivity contribution < 1.29 is 4.74 Å². The molecule has 0 bridgehead atoms. The number of hydrogen-bond acceptors (Lipinski definition) is 3. The lowest BCUT2D eigenvalue weighted by Crippen LogP contribution is -2.06. The largest absolute Gasteiger partial charge is 0.489 e. The Hall–Kier alpha value is -2.30. The standard InChI is InChI=1S/C19H20ClN3O/c1-13(2)12-24-16-6-3-14(4-7-16)19-17(9-10-21)23-11-15(20)5-8-18(23)22-19/h3-8,11H,1,9-10,12,21H2,2H3. The summed E-state index contributed by atoms with van der Waals surface area (Å²) >= 11 is 6.12. The van der Waals surface area contributed by atoms with Crippen LogP contribution in [-0.4, -0.2) is 22.5 Å². The Morgan fingerprint density at radius 2 is 2.00 bits per heavy atom. The average molecular weight is 342 g/mol. The van der Waals surface area contributed by atoms with E-state index in [1.807, 2.05) is 53.9 Å². The molecule has 0 saturated carbocycles. The highest BCUT2D eigenvalue weighted by Gasteiger charge is 2.14. The summed E-state index contributed by atoms with van der Waals surface area (Å²) in [6, 6.07) is 11.7. The van der Waals surface area contributed by atoms with Crippen molar-refractivity contribution in [2.75, 3.05) is 13.2 Å². The number of imidazole rings is 1. The first-order valence-electron chi connectivity index (χ1n) is 7.82. The molecule has 0 spiro atoms. The number of halogens is 1. The van der Waals surface area contributed by atoms with Gasteiger partial charge in [0.15, 0.2) is 0 Å². The molecule has 3 aromatic rings. The number of aromatic nitrogens is 2. The Balaban J connectivity index is 1.98. The molecular formula is C19H20ClN3O.